The Kier molecular flexibility index (Phi) is 7.49. The minimum atomic E-state index is 0.0824. The molecule has 0 saturated heterocycles. The fourth-order valence-corrected chi connectivity index (χ4v) is 2.01. The van der Waals surface area contributed by atoms with Gasteiger partial charge in [0.2, 0.25) is 5.91 Å². The predicted molar refractivity (Wildman–Crippen MR) is 77.4 cm³/mol. The van der Waals surface area contributed by atoms with E-state index in [1.165, 1.54) is 0 Å². The summed E-state index contributed by atoms with van der Waals surface area (Å²) in [6, 6.07) is 7.59. The first-order chi connectivity index (χ1) is 8.76. The van der Waals surface area contributed by atoms with Crippen molar-refractivity contribution in [3.05, 3.63) is 29.8 Å². The summed E-state index contributed by atoms with van der Waals surface area (Å²) in [5.74, 6) is 0.896. The Hall–Kier alpha value is -1.03. The number of carbonyl (C=O) groups is 1. The molecule has 1 N–H and O–H groups in total. The van der Waals surface area contributed by atoms with E-state index in [-0.39, 0.29) is 5.91 Å². The number of carbonyl (C=O) groups excluding carboxylic acids is 1. The number of methoxy groups -OCH3 is 1. The molecule has 1 aromatic carbocycles. The average molecular weight is 314 g/mol. The smallest absolute Gasteiger partial charge is 0.224 e. The first-order valence-electron chi connectivity index (χ1n) is 6.22. The lowest BCUT2D eigenvalue weighted by atomic mass is 10.1. The van der Waals surface area contributed by atoms with E-state index in [4.69, 9.17) is 4.74 Å². The maximum absolute atomic E-state index is 11.6. The molecule has 0 saturated carbocycles. The fourth-order valence-electron chi connectivity index (χ4n) is 1.62. The number of alkyl halides is 1. The molecule has 100 valence electrons. The zero-order chi connectivity index (χ0) is 13.2. The van der Waals surface area contributed by atoms with Crippen molar-refractivity contribution in [1.82, 2.24) is 5.32 Å². The highest BCUT2D eigenvalue weighted by molar-refractivity contribution is 9.09. The Balaban J connectivity index is 2.22. The Morgan fingerprint density at radius 3 is 2.56 bits per heavy atom. The second-order valence-electron chi connectivity index (χ2n) is 4.12. The summed E-state index contributed by atoms with van der Waals surface area (Å²) in [4.78, 5) is 11.6. The van der Waals surface area contributed by atoms with Crippen LogP contribution in [0.1, 0.15) is 24.8 Å². The Morgan fingerprint density at radius 2 is 1.94 bits per heavy atom. The molecule has 0 fully saturated rings. The van der Waals surface area contributed by atoms with Gasteiger partial charge >= 0.3 is 0 Å². The largest absolute Gasteiger partial charge is 0.497 e. The molecule has 4 heteroatoms. The molecule has 0 bridgehead atoms. The van der Waals surface area contributed by atoms with Gasteiger partial charge in [-0.05, 0) is 30.5 Å². The molecule has 1 aromatic rings. The van der Waals surface area contributed by atoms with Gasteiger partial charge in [0.15, 0.2) is 0 Å². The van der Waals surface area contributed by atoms with Gasteiger partial charge in [-0.1, -0.05) is 34.5 Å². The minimum Gasteiger partial charge on any atom is -0.497 e. The van der Waals surface area contributed by atoms with Crippen molar-refractivity contribution in [1.29, 1.82) is 0 Å². The zero-order valence-electron chi connectivity index (χ0n) is 10.7. The van der Waals surface area contributed by atoms with Crippen molar-refractivity contribution in [2.45, 2.75) is 25.7 Å². The number of halogens is 1. The number of ether oxygens (including phenoxy) is 1. The van der Waals surface area contributed by atoms with Gasteiger partial charge in [-0.15, -0.1) is 0 Å². The third-order valence-electron chi connectivity index (χ3n) is 2.66. The van der Waals surface area contributed by atoms with Gasteiger partial charge in [0.05, 0.1) is 13.5 Å². The first kappa shape index (κ1) is 15.0. The highest BCUT2D eigenvalue weighted by atomic mass is 79.9. The number of hydrogen-bond donors (Lipinski definition) is 1. The number of amides is 1. The Labute approximate surface area is 117 Å². The van der Waals surface area contributed by atoms with Crippen LogP contribution in [0.2, 0.25) is 0 Å². The van der Waals surface area contributed by atoms with Gasteiger partial charge in [-0.2, -0.15) is 0 Å². The van der Waals surface area contributed by atoms with Crippen LogP contribution in [0.15, 0.2) is 24.3 Å². The van der Waals surface area contributed by atoms with Gasteiger partial charge in [-0.3, -0.25) is 4.79 Å². The molecule has 0 aromatic heterocycles. The Morgan fingerprint density at radius 1 is 1.22 bits per heavy atom. The molecule has 0 spiro atoms. The summed E-state index contributed by atoms with van der Waals surface area (Å²) < 4.78 is 5.07. The summed E-state index contributed by atoms with van der Waals surface area (Å²) in [7, 11) is 1.63. The molecule has 0 aliphatic carbocycles. The minimum absolute atomic E-state index is 0.0824. The molecule has 0 radical (unpaired) electrons. The lowest BCUT2D eigenvalue weighted by molar-refractivity contribution is -0.120. The summed E-state index contributed by atoms with van der Waals surface area (Å²) in [5, 5.41) is 3.97. The second kappa shape index (κ2) is 8.97. The third-order valence-corrected chi connectivity index (χ3v) is 3.22. The van der Waals surface area contributed by atoms with E-state index in [0.29, 0.717) is 6.42 Å². The standard InChI is InChI=1S/C14H20BrNO2/c1-18-13-7-5-12(6-8-13)11-14(17)16-10-4-2-3-9-15/h5-8H,2-4,9-11H2,1H3,(H,16,17). The van der Waals surface area contributed by atoms with E-state index in [0.717, 1.165) is 42.5 Å². The Bertz CT molecular complexity index is 351. The van der Waals surface area contributed by atoms with E-state index in [2.05, 4.69) is 21.2 Å². The lowest BCUT2D eigenvalue weighted by Crippen LogP contribution is -2.26. The van der Waals surface area contributed by atoms with Gasteiger partial charge in [-0.25, -0.2) is 0 Å². The maximum Gasteiger partial charge on any atom is 0.224 e. The van der Waals surface area contributed by atoms with Gasteiger partial charge < -0.3 is 10.1 Å². The fraction of sp³-hybridized carbons (Fsp3) is 0.500. The lowest BCUT2D eigenvalue weighted by Gasteiger charge is -2.05. The number of nitrogens with one attached hydrogen (secondary N) is 1. The van der Waals surface area contributed by atoms with Crippen LogP contribution in [-0.4, -0.2) is 24.9 Å². The summed E-state index contributed by atoms with van der Waals surface area (Å²) >= 11 is 3.39. The summed E-state index contributed by atoms with van der Waals surface area (Å²) in [6.45, 7) is 0.766. The quantitative estimate of drug-likeness (QED) is 0.592. The number of hydrogen-bond acceptors (Lipinski definition) is 2. The molecule has 1 amide bonds. The predicted octanol–water partition coefficient (Wildman–Crippen LogP) is 2.92. The van der Waals surface area contributed by atoms with E-state index >= 15 is 0 Å². The van der Waals surface area contributed by atoms with Crippen LogP contribution in [0.5, 0.6) is 5.75 Å². The molecule has 0 atom stereocenters. The molecular formula is C14H20BrNO2. The summed E-state index contributed by atoms with van der Waals surface area (Å²) in [5.41, 5.74) is 1.01. The molecule has 1 rings (SSSR count). The van der Waals surface area contributed by atoms with Crippen molar-refractivity contribution in [2.75, 3.05) is 19.0 Å². The van der Waals surface area contributed by atoms with Crippen LogP contribution in [-0.2, 0) is 11.2 Å². The number of unbranched alkanes of at least 4 members (excludes halogenated alkanes) is 2. The van der Waals surface area contributed by atoms with Crippen molar-refractivity contribution in [3.8, 4) is 5.75 Å². The normalized spacial score (nSPS) is 10.1. The van der Waals surface area contributed by atoms with Crippen molar-refractivity contribution < 1.29 is 9.53 Å². The highest BCUT2D eigenvalue weighted by Crippen LogP contribution is 2.11. The van der Waals surface area contributed by atoms with E-state index < -0.39 is 0 Å². The monoisotopic (exact) mass is 313 g/mol. The van der Waals surface area contributed by atoms with Gasteiger partial charge in [0, 0.05) is 11.9 Å². The van der Waals surface area contributed by atoms with Crippen LogP contribution in [0.3, 0.4) is 0 Å². The van der Waals surface area contributed by atoms with Crippen LogP contribution in [0.4, 0.5) is 0 Å². The van der Waals surface area contributed by atoms with E-state index in [1.807, 2.05) is 24.3 Å². The highest BCUT2D eigenvalue weighted by Gasteiger charge is 2.02. The van der Waals surface area contributed by atoms with Gasteiger partial charge in [0.25, 0.3) is 0 Å². The van der Waals surface area contributed by atoms with Crippen LogP contribution >= 0.6 is 15.9 Å². The molecule has 0 heterocycles. The molecule has 18 heavy (non-hydrogen) atoms. The van der Waals surface area contributed by atoms with Crippen molar-refractivity contribution in [3.63, 3.8) is 0 Å². The number of rotatable bonds is 8. The number of benzene rings is 1. The van der Waals surface area contributed by atoms with E-state index in [1.54, 1.807) is 7.11 Å². The zero-order valence-corrected chi connectivity index (χ0v) is 12.3. The average Bonchev–Trinajstić information content (AvgIpc) is 2.39. The first-order valence-corrected chi connectivity index (χ1v) is 7.34. The SMILES string of the molecule is COc1ccc(CC(=O)NCCCCCBr)cc1. The molecule has 0 unspecified atom stereocenters. The molecule has 0 aliphatic rings. The topological polar surface area (TPSA) is 38.3 Å². The van der Waals surface area contributed by atoms with Crippen LogP contribution in [0, 0.1) is 0 Å². The van der Waals surface area contributed by atoms with Crippen molar-refractivity contribution >= 4 is 21.8 Å². The van der Waals surface area contributed by atoms with Crippen LogP contribution < -0.4 is 10.1 Å². The van der Waals surface area contributed by atoms with Crippen LogP contribution in [0.25, 0.3) is 0 Å². The van der Waals surface area contributed by atoms with Gasteiger partial charge in [0.1, 0.15) is 5.75 Å². The maximum atomic E-state index is 11.6. The van der Waals surface area contributed by atoms with Crippen molar-refractivity contribution in [2.24, 2.45) is 0 Å². The molecule has 0 aliphatic heterocycles. The van der Waals surface area contributed by atoms with E-state index in [9.17, 15) is 4.79 Å². The third kappa shape index (κ3) is 6.05. The molecule has 3 nitrogen and oxygen atoms in total. The summed E-state index contributed by atoms with van der Waals surface area (Å²) in [6.07, 6.45) is 3.78. The second-order valence-corrected chi connectivity index (χ2v) is 4.92. The molecular weight excluding hydrogens is 294 g/mol.